The zero-order valence-electron chi connectivity index (χ0n) is 12.7. The number of nitrogens with zero attached hydrogens (tertiary/aromatic N) is 1. The number of hydrogen-bond acceptors (Lipinski definition) is 2. The van der Waals surface area contributed by atoms with E-state index in [0.717, 1.165) is 5.75 Å². The topological polar surface area (TPSA) is 21.6 Å². The lowest BCUT2D eigenvalue weighted by molar-refractivity contribution is 0.235. The van der Waals surface area contributed by atoms with E-state index in [9.17, 15) is 0 Å². The molecule has 0 unspecified atom stereocenters. The summed E-state index contributed by atoms with van der Waals surface area (Å²) in [6.07, 6.45) is 8.89. The van der Waals surface area contributed by atoms with E-state index in [1.54, 1.807) is 7.11 Å². The summed E-state index contributed by atoms with van der Waals surface area (Å²) in [7, 11) is 1.75. The lowest BCUT2D eigenvalue weighted by Crippen LogP contribution is -2.40. The van der Waals surface area contributed by atoms with Gasteiger partial charge in [-0.1, -0.05) is 25.0 Å². The molecule has 0 spiro atoms. The summed E-state index contributed by atoms with van der Waals surface area (Å²) in [4.78, 5) is 5.08. The highest BCUT2D eigenvalue weighted by Gasteiger charge is 2.42. The molecule has 1 aliphatic heterocycles. The highest BCUT2D eigenvalue weighted by molar-refractivity contribution is 5.82. The van der Waals surface area contributed by atoms with Gasteiger partial charge in [0.1, 0.15) is 5.75 Å². The van der Waals surface area contributed by atoms with E-state index in [0.29, 0.717) is 6.04 Å². The van der Waals surface area contributed by atoms with Crippen LogP contribution in [0.15, 0.2) is 29.3 Å². The maximum absolute atomic E-state index is 5.44. The van der Waals surface area contributed by atoms with E-state index >= 15 is 0 Å². The molecule has 108 valence electrons. The van der Waals surface area contributed by atoms with Crippen molar-refractivity contribution in [2.45, 2.75) is 63.3 Å². The Hall–Kier alpha value is -1.31. The summed E-state index contributed by atoms with van der Waals surface area (Å²) in [5.74, 6) is 0.978. The predicted octanol–water partition coefficient (Wildman–Crippen LogP) is 4.52. The van der Waals surface area contributed by atoms with Crippen LogP contribution in [0.3, 0.4) is 0 Å². The van der Waals surface area contributed by atoms with E-state index in [1.807, 2.05) is 6.07 Å². The average molecular weight is 271 g/mol. The van der Waals surface area contributed by atoms with E-state index < -0.39 is 0 Å². The van der Waals surface area contributed by atoms with Gasteiger partial charge in [0.2, 0.25) is 0 Å². The largest absolute Gasteiger partial charge is 0.497 e. The molecule has 20 heavy (non-hydrogen) atoms. The normalized spacial score (nSPS) is 30.1. The molecule has 1 fully saturated rings. The van der Waals surface area contributed by atoms with Crippen LogP contribution in [0.5, 0.6) is 5.75 Å². The first-order valence-electron chi connectivity index (χ1n) is 7.92. The molecule has 1 aromatic rings. The van der Waals surface area contributed by atoms with Crippen molar-refractivity contribution >= 4 is 5.71 Å². The molecule has 3 rings (SSSR count). The lowest BCUT2D eigenvalue weighted by Gasteiger charge is -2.42. The molecule has 1 aromatic carbocycles. The first-order chi connectivity index (χ1) is 9.74. The molecule has 1 heterocycles. The van der Waals surface area contributed by atoms with Gasteiger partial charge >= 0.3 is 0 Å². The lowest BCUT2D eigenvalue weighted by atomic mass is 9.64. The van der Waals surface area contributed by atoms with Crippen LogP contribution in [0.4, 0.5) is 0 Å². The Morgan fingerprint density at radius 3 is 2.90 bits per heavy atom. The minimum absolute atomic E-state index is 0.255. The second-order valence-corrected chi connectivity index (χ2v) is 6.37. The summed E-state index contributed by atoms with van der Waals surface area (Å²) in [6, 6.07) is 9.19. The van der Waals surface area contributed by atoms with E-state index in [-0.39, 0.29) is 5.41 Å². The summed E-state index contributed by atoms with van der Waals surface area (Å²) in [5.41, 5.74) is 3.05. The number of fused-ring (bicyclic) bond motifs is 1. The summed E-state index contributed by atoms with van der Waals surface area (Å²) in [6.45, 7) is 2.20. The first-order valence-corrected chi connectivity index (χ1v) is 7.92. The van der Waals surface area contributed by atoms with Crippen LogP contribution in [-0.4, -0.2) is 18.9 Å². The molecule has 0 amide bonds. The maximum Gasteiger partial charge on any atom is 0.119 e. The molecule has 0 saturated heterocycles. The van der Waals surface area contributed by atoms with Crippen LogP contribution in [0.1, 0.15) is 57.4 Å². The zero-order chi connectivity index (χ0) is 14.0. The van der Waals surface area contributed by atoms with Crippen molar-refractivity contribution < 1.29 is 4.74 Å². The number of benzene rings is 1. The molecule has 0 aromatic heterocycles. The average Bonchev–Trinajstić information content (AvgIpc) is 2.66. The van der Waals surface area contributed by atoms with Crippen molar-refractivity contribution in [3.63, 3.8) is 0 Å². The molecule has 0 bridgehead atoms. The van der Waals surface area contributed by atoms with E-state index in [2.05, 4.69) is 25.1 Å². The number of rotatable bonds is 2. The van der Waals surface area contributed by atoms with Gasteiger partial charge in [-0.15, -0.1) is 0 Å². The Labute approximate surface area is 122 Å². The van der Waals surface area contributed by atoms with Gasteiger partial charge in [-0.25, -0.2) is 0 Å². The molecular weight excluding hydrogens is 246 g/mol. The fraction of sp³-hybridized carbons (Fsp3) is 0.611. The van der Waals surface area contributed by atoms with Gasteiger partial charge < -0.3 is 4.74 Å². The van der Waals surface area contributed by atoms with Crippen LogP contribution in [0, 0.1) is 0 Å². The van der Waals surface area contributed by atoms with Gasteiger partial charge in [0.05, 0.1) is 13.2 Å². The quantitative estimate of drug-likeness (QED) is 0.775. The Kier molecular flexibility index (Phi) is 3.82. The minimum Gasteiger partial charge on any atom is -0.497 e. The molecule has 2 heteroatoms. The number of methoxy groups -OCH3 is 1. The second kappa shape index (κ2) is 5.59. The molecule has 2 aliphatic rings. The van der Waals surface area contributed by atoms with Crippen molar-refractivity contribution in [2.75, 3.05) is 7.11 Å². The summed E-state index contributed by atoms with van der Waals surface area (Å²) in [5, 5.41) is 0. The van der Waals surface area contributed by atoms with E-state index in [4.69, 9.17) is 9.73 Å². The van der Waals surface area contributed by atoms with Crippen molar-refractivity contribution in [1.82, 2.24) is 0 Å². The highest BCUT2D eigenvalue weighted by atomic mass is 16.5. The van der Waals surface area contributed by atoms with Crippen LogP contribution in [0.25, 0.3) is 0 Å². The van der Waals surface area contributed by atoms with Gasteiger partial charge in [0.25, 0.3) is 0 Å². The fourth-order valence-corrected chi connectivity index (χ4v) is 4.10. The van der Waals surface area contributed by atoms with Crippen LogP contribution in [-0.2, 0) is 5.41 Å². The first kappa shape index (κ1) is 13.7. The maximum atomic E-state index is 5.44. The van der Waals surface area contributed by atoms with Gasteiger partial charge in [-0.05, 0) is 56.7 Å². The zero-order valence-corrected chi connectivity index (χ0v) is 12.7. The van der Waals surface area contributed by atoms with Crippen LogP contribution < -0.4 is 4.74 Å². The number of aliphatic imine (C=N–C) groups is 1. The SMILES string of the molecule is COc1cccc([C@@]23CCCC[C@H]2N=C(C)CCC3)c1. The predicted molar refractivity (Wildman–Crippen MR) is 83.9 cm³/mol. The molecular formula is C18H25NO. The molecule has 1 aliphatic carbocycles. The molecule has 2 nitrogen and oxygen atoms in total. The van der Waals surface area contributed by atoms with Gasteiger partial charge in [-0.2, -0.15) is 0 Å². The van der Waals surface area contributed by atoms with Crippen molar-refractivity contribution in [3.8, 4) is 5.75 Å². The Morgan fingerprint density at radius 1 is 1.20 bits per heavy atom. The third kappa shape index (κ3) is 2.36. The monoisotopic (exact) mass is 271 g/mol. The number of ether oxygens (including phenoxy) is 1. The van der Waals surface area contributed by atoms with E-state index in [1.165, 1.54) is 56.2 Å². The van der Waals surface area contributed by atoms with Gasteiger partial charge in [0, 0.05) is 11.1 Å². The Balaban J connectivity index is 2.04. The molecule has 0 N–H and O–H groups in total. The molecule has 1 saturated carbocycles. The third-order valence-corrected chi connectivity index (χ3v) is 5.17. The van der Waals surface area contributed by atoms with Gasteiger partial charge in [0.15, 0.2) is 0 Å². The smallest absolute Gasteiger partial charge is 0.119 e. The van der Waals surface area contributed by atoms with Crippen LogP contribution in [0.2, 0.25) is 0 Å². The minimum atomic E-state index is 0.255. The van der Waals surface area contributed by atoms with Crippen molar-refractivity contribution in [2.24, 2.45) is 4.99 Å². The Bertz CT molecular complexity index is 508. The molecule has 2 atom stereocenters. The summed E-state index contributed by atoms with van der Waals surface area (Å²) >= 11 is 0. The second-order valence-electron chi connectivity index (χ2n) is 6.37. The highest BCUT2D eigenvalue weighted by Crippen LogP contribution is 2.47. The standard InChI is InChI=1S/C18H25NO/c1-14-7-6-12-18(11-4-3-10-17(18)19-14)15-8-5-9-16(13-15)20-2/h5,8-9,13,17H,3-4,6-7,10-12H2,1-2H3/t17-,18+/m1/s1. The summed E-state index contributed by atoms with van der Waals surface area (Å²) < 4.78 is 5.44. The number of hydrogen-bond donors (Lipinski definition) is 0. The third-order valence-electron chi connectivity index (χ3n) is 5.17. The van der Waals surface area contributed by atoms with Crippen molar-refractivity contribution in [3.05, 3.63) is 29.8 Å². The van der Waals surface area contributed by atoms with Gasteiger partial charge in [-0.3, -0.25) is 4.99 Å². The Morgan fingerprint density at radius 2 is 2.05 bits per heavy atom. The fourth-order valence-electron chi connectivity index (χ4n) is 4.10. The van der Waals surface area contributed by atoms with Crippen LogP contribution >= 0.6 is 0 Å². The molecule has 0 radical (unpaired) electrons. The van der Waals surface area contributed by atoms with Crippen molar-refractivity contribution in [1.29, 1.82) is 0 Å².